The van der Waals surface area contributed by atoms with Crippen LogP contribution < -0.4 is 15.4 Å². The maximum absolute atomic E-state index is 12.5. The molecule has 116 valence electrons. The van der Waals surface area contributed by atoms with Gasteiger partial charge in [-0.2, -0.15) is 0 Å². The van der Waals surface area contributed by atoms with Crippen LogP contribution in [0.15, 0.2) is 29.2 Å². The third kappa shape index (κ3) is 3.42. The number of anilines is 1. The Balaban J connectivity index is 2.26. The van der Waals surface area contributed by atoms with Gasteiger partial charge in [0.05, 0.1) is 5.69 Å². The fraction of sp³-hybridized carbons (Fsp3) is 0.500. The zero-order chi connectivity index (χ0) is 15.5. The molecule has 0 spiro atoms. The Labute approximate surface area is 125 Å². The van der Waals surface area contributed by atoms with Crippen LogP contribution >= 0.6 is 0 Å². The van der Waals surface area contributed by atoms with Crippen molar-refractivity contribution in [1.82, 2.24) is 10.0 Å². The fourth-order valence-corrected chi connectivity index (χ4v) is 3.28. The van der Waals surface area contributed by atoms with Gasteiger partial charge in [-0.05, 0) is 45.1 Å². The van der Waals surface area contributed by atoms with E-state index >= 15 is 0 Å². The number of sulfonamides is 1. The van der Waals surface area contributed by atoms with E-state index in [4.69, 9.17) is 0 Å². The smallest absolute Gasteiger partial charge is 0.242 e. The molecular formula is C14H21N3O3S. The zero-order valence-corrected chi connectivity index (χ0v) is 13.1. The van der Waals surface area contributed by atoms with Crippen LogP contribution in [0.3, 0.4) is 0 Å². The highest BCUT2D eigenvalue weighted by Gasteiger charge is 2.35. The molecule has 0 aliphatic carbocycles. The standard InChI is InChI=1S/C14H21N3O3S/c1-14(7-9-16-10-8-14)13(18)17-11-5-3-4-6-12(11)21(19,20)15-2/h3-6,15-16H,7-10H2,1-2H3,(H,17,18). The van der Waals surface area contributed by atoms with Gasteiger partial charge in [0.15, 0.2) is 0 Å². The molecule has 6 nitrogen and oxygen atoms in total. The molecule has 0 saturated carbocycles. The van der Waals surface area contributed by atoms with Crippen LogP contribution in [0.2, 0.25) is 0 Å². The van der Waals surface area contributed by atoms with Crippen LogP contribution in [0.25, 0.3) is 0 Å². The molecule has 7 heteroatoms. The summed E-state index contributed by atoms with van der Waals surface area (Å²) in [5.41, 5.74) is -0.154. The molecule has 2 rings (SSSR count). The lowest BCUT2D eigenvalue weighted by molar-refractivity contribution is -0.126. The minimum Gasteiger partial charge on any atom is -0.324 e. The van der Waals surface area contributed by atoms with Crippen LogP contribution in [0.5, 0.6) is 0 Å². The number of benzene rings is 1. The summed E-state index contributed by atoms with van der Waals surface area (Å²) in [4.78, 5) is 12.6. The molecule has 0 atom stereocenters. The fourth-order valence-electron chi connectivity index (χ4n) is 2.39. The van der Waals surface area contributed by atoms with E-state index < -0.39 is 15.4 Å². The number of amides is 1. The molecule has 3 N–H and O–H groups in total. The molecule has 0 unspecified atom stereocenters. The molecule has 1 aliphatic heterocycles. The largest absolute Gasteiger partial charge is 0.324 e. The summed E-state index contributed by atoms with van der Waals surface area (Å²) >= 11 is 0. The van der Waals surface area contributed by atoms with Gasteiger partial charge in [0.25, 0.3) is 0 Å². The minimum absolute atomic E-state index is 0.0818. The summed E-state index contributed by atoms with van der Waals surface area (Å²) in [5.74, 6) is -0.136. The van der Waals surface area contributed by atoms with Crippen molar-refractivity contribution < 1.29 is 13.2 Å². The number of carbonyl (C=O) groups excluding carboxylic acids is 1. The van der Waals surface area contributed by atoms with Crippen LogP contribution in [0.1, 0.15) is 19.8 Å². The predicted octanol–water partition coefficient (Wildman–Crippen LogP) is 0.923. The second kappa shape index (κ2) is 6.13. The van der Waals surface area contributed by atoms with Crippen LogP contribution in [-0.4, -0.2) is 34.5 Å². The van der Waals surface area contributed by atoms with Gasteiger partial charge >= 0.3 is 0 Å². The van der Waals surface area contributed by atoms with Crippen LogP contribution in [0.4, 0.5) is 5.69 Å². The summed E-state index contributed by atoms with van der Waals surface area (Å²) in [5, 5.41) is 5.99. The number of nitrogens with one attached hydrogen (secondary N) is 3. The van der Waals surface area contributed by atoms with Gasteiger partial charge < -0.3 is 10.6 Å². The molecule has 1 fully saturated rings. The minimum atomic E-state index is -3.60. The third-order valence-corrected chi connectivity index (χ3v) is 5.42. The maximum atomic E-state index is 12.5. The summed E-state index contributed by atoms with van der Waals surface area (Å²) in [7, 11) is -2.25. The Morgan fingerprint density at radius 1 is 1.24 bits per heavy atom. The molecule has 1 amide bonds. The number of para-hydroxylation sites is 1. The maximum Gasteiger partial charge on any atom is 0.242 e. The lowest BCUT2D eigenvalue weighted by Gasteiger charge is -2.32. The number of carbonyl (C=O) groups is 1. The quantitative estimate of drug-likeness (QED) is 0.772. The first-order valence-corrected chi connectivity index (χ1v) is 8.42. The van der Waals surface area contributed by atoms with Crippen molar-refractivity contribution >= 4 is 21.6 Å². The Kier molecular flexibility index (Phi) is 4.65. The van der Waals surface area contributed by atoms with E-state index in [0.717, 1.165) is 25.9 Å². The Hall–Kier alpha value is -1.44. The lowest BCUT2D eigenvalue weighted by Crippen LogP contribution is -2.43. The predicted molar refractivity (Wildman–Crippen MR) is 81.5 cm³/mol. The monoisotopic (exact) mass is 311 g/mol. The summed E-state index contributed by atoms with van der Waals surface area (Å²) in [6.07, 6.45) is 1.47. The van der Waals surface area contributed by atoms with E-state index in [1.165, 1.54) is 13.1 Å². The molecule has 0 bridgehead atoms. The van der Waals surface area contributed by atoms with E-state index in [9.17, 15) is 13.2 Å². The number of piperidine rings is 1. The Morgan fingerprint density at radius 2 is 1.86 bits per heavy atom. The van der Waals surface area contributed by atoms with Crippen LogP contribution in [0, 0.1) is 5.41 Å². The Morgan fingerprint density at radius 3 is 2.48 bits per heavy atom. The van der Waals surface area contributed by atoms with E-state index in [0.29, 0.717) is 5.69 Å². The van der Waals surface area contributed by atoms with Crippen molar-refractivity contribution in [2.24, 2.45) is 5.41 Å². The van der Waals surface area contributed by atoms with Crippen molar-refractivity contribution in [3.05, 3.63) is 24.3 Å². The van der Waals surface area contributed by atoms with Gasteiger partial charge in [-0.15, -0.1) is 0 Å². The second-order valence-electron chi connectivity index (χ2n) is 5.47. The molecule has 1 heterocycles. The third-order valence-electron chi connectivity index (χ3n) is 3.95. The SMILES string of the molecule is CNS(=O)(=O)c1ccccc1NC(=O)C1(C)CCNCC1. The van der Waals surface area contributed by atoms with Gasteiger partial charge in [0.1, 0.15) is 4.90 Å². The number of rotatable bonds is 4. The molecule has 1 saturated heterocycles. The molecular weight excluding hydrogens is 290 g/mol. The van der Waals surface area contributed by atoms with Crippen molar-refractivity contribution in [2.75, 3.05) is 25.5 Å². The summed E-state index contributed by atoms with van der Waals surface area (Å²) < 4.78 is 26.2. The topological polar surface area (TPSA) is 87.3 Å². The van der Waals surface area contributed by atoms with Gasteiger partial charge in [0, 0.05) is 5.41 Å². The van der Waals surface area contributed by atoms with Crippen LogP contribution in [-0.2, 0) is 14.8 Å². The van der Waals surface area contributed by atoms with E-state index in [2.05, 4.69) is 15.4 Å². The van der Waals surface area contributed by atoms with Crippen molar-refractivity contribution in [1.29, 1.82) is 0 Å². The molecule has 1 aromatic rings. The number of hydrogen-bond donors (Lipinski definition) is 3. The number of hydrogen-bond acceptors (Lipinski definition) is 4. The highest BCUT2D eigenvalue weighted by molar-refractivity contribution is 7.89. The molecule has 0 aromatic heterocycles. The van der Waals surface area contributed by atoms with Gasteiger partial charge in [-0.1, -0.05) is 19.1 Å². The first-order chi connectivity index (χ1) is 9.89. The normalized spacial score (nSPS) is 18.2. The van der Waals surface area contributed by atoms with E-state index in [1.54, 1.807) is 18.2 Å². The average Bonchev–Trinajstić information content (AvgIpc) is 2.48. The lowest BCUT2D eigenvalue weighted by atomic mass is 9.80. The van der Waals surface area contributed by atoms with Crippen molar-refractivity contribution in [3.63, 3.8) is 0 Å². The van der Waals surface area contributed by atoms with Gasteiger partial charge in [-0.3, -0.25) is 4.79 Å². The summed E-state index contributed by atoms with van der Waals surface area (Å²) in [6, 6.07) is 6.42. The molecule has 1 aromatic carbocycles. The van der Waals surface area contributed by atoms with Crippen molar-refractivity contribution in [3.8, 4) is 0 Å². The highest BCUT2D eigenvalue weighted by atomic mass is 32.2. The molecule has 21 heavy (non-hydrogen) atoms. The first-order valence-electron chi connectivity index (χ1n) is 6.94. The second-order valence-corrected chi connectivity index (χ2v) is 7.32. The van der Waals surface area contributed by atoms with E-state index in [-0.39, 0.29) is 10.8 Å². The Bertz CT molecular complexity index is 622. The average molecular weight is 311 g/mol. The highest BCUT2D eigenvalue weighted by Crippen LogP contribution is 2.30. The molecule has 1 aliphatic rings. The zero-order valence-electron chi connectivity index (χ0n) is 12.3. The van der Waals surface area contributed by atoms with Gasteiger partial charge in [-0.25, -0.2) is 13.1 Å². The van der Waals surface area contributed by atoms with Gasteiger partial charge in [0.2, 0.25) is 15.9 Å². The first kappa shape index (κ1) is 15.9. The molecule has 0 radical (unpaired) electrons. The van der Waals surface area contributed by atoms with Crippen molar-refractivity contribution in [2.45, 2.75) is 24.7 Å². The van der Waals surface area contributed by atoms with E-state index in [1.807, 2.05) is 6.92 Å². The summed E-state index contributed by atoms with van der Waals surface area (Å²) in [6.45, 7) is 3.50.